The van der Waals surface area contributed by atoms with Gasteiger partial charge >= 0.3 is 0 Å². The van der Waals surface area contributed by atoms with Crippen LogP contribution in [-0.4, -0.2) is 37.7 Å². The summed E-state index contributed by atoms with van der Waals surface area (Å²) >= 11 is 3.51. The molecule has 1 N–H and O–H groups in total. The molecule has 0 spiro atoms. The molecule has 1 saturated carbocycles. The molecular weight excluding hydrogens is 304 g/mol. The highest BCUT2D eigenvalue weighted by molar-refractivity contribution is 9.10. The molecule has 106 valence electrons. The predicted octanol–water partition coefficient (Wildman–Crippen LogP) is 3.03. The minimum atomic E-state index is 0.575. The summed E-state index contributed by atoms with van der Waals surface area (Å²) in [6.45, 7) is 4.12. The van der Waals surface area contributed by atoms with Crippen LogP contribution < -0.4 is 10.1 Å². The first kappa shape index (κ1) is 14.8. The Morgan fingerprint density at radius 1 is 1.47 bits per heavy atom. The third kappa shape index (κ3) is 4.20. The van der Waals surface area contributed by atoms with E-state index in [1.165, 1.54) is 18.4 Å². The maximum Gasteiger partial charge on any atom is 0.123 e. The monoisotopic (exact) mass is 326 g/mol. The van der Waals surface area contributed by atoms with Gasteiger partial charge in [-0.1, -0.05) is 15.9 Å². The summed E-state index contributed by atoms with van der Waals surface area (Å²) in [7, 11) is 3.94. The van der Waals surface area contributed by atoms with Gasteiger partial charge in [0.1, 0.15) is 5.75 Å². The number of nitrogens with zero attached hydrogens (tertiary/aromatic N) is 1. The Kier molecular flexibility index (Phi) is 5.25. The van der Waals surface area contributed by atoms with Gasteiger partial charge in [0.25, 0.3) is 0 Å². The van der Waals surface area contributed by atoms with Crippen molar-refractivity contribution < 1.29 is 4.74 Å². The molecule has 19 heavy (non-hydrogen) atoms. The number of hydrogen-bond donors (Lipinski definition) is 1. The van der Waals surface area contributed by atoms with Gasteiger partial charge in [0.15, 0.2) is 0 Å². The number of nitrogens with one attached hydrogen (secondary N) is 1. The molecule has 0 heterocycles. The summed E-state index contributed by atoms with van der Waals surface area (Å²) in [5.74, 6) is 0.943. The lowest BCUT2D eigenvalue weighted by Crippen LogP contribution is -2.38. The first-order valence-electron chi connectivity index (χ1n) is 6.87. The third-order valence-electron chi connectivity index (χ3n) is 3.82. The Morgan fingerprint density at radius 2 is 2.21 bits per heavy atom. The van der Waals surface area contributed by atoms with Crippen molar-refractivity contribution in [3.05, 3.63) is 28.2 Å². The third-order valence-corrected chi connectivity index (χ3v) is 4.31. The number of likely N-dealkylation sites (N-methyl/N-ethyl adjacent to an activating group) is 1. The highest BCUT2D eigenvalue weighted by Gasteiger charge is 2.28. The second kappa shape index (κ2) is 6.73. The molecule has 4 heteroatoms. The SMILES string of the molecule is COc1ccc(Br)cc1CNCC(C)N(C)C1CC1. The number of ether oxygens (including phenoxy) is 1. The molecular formula is C15H23BrN2O. The average molecular weight is 327 g/mol. The van der Waals surface area contributed by atoms with E-state index in [1.54, 1.807) is 7.11 Å². The Morgan fingerprint density at radius 3 is 2.84 bits per heavy atom. The maximum atomic E-state index is 5.38. The zero-order valence-corrected chi connectivity index (χ0v) is 13.5. The van der Waals surface area contributed by atoms with Crippen molar-refractivity contribution in [2.75, 3.05) is 20.7 Å². The van der Waals surface area contributed by atoms with E-state index in [1.807, 2.05) is 12.1 Å². The van der Waals surface area contributed by atoms with Crippen LogP contribution in [0.4, 0.5) is 0 Å². The van der Waals surface area contributed by atoms with Gasteiger partial charge in [-0.2, -0.15) is 0 Å². The van der Waals surface area contributed by atoms with Crippen LogP contribution in [0.5, 0.6) is 5.75 Å². The van der Waals surface area contributed by atoms with Gasteiger partial charge in [0, 0.05) is 35.2 Å². The average Bonchev–Trinajstić information content (AvgIpc) is 3.22. The van der Waals surface area contributed by atoms with Crippen molar-refractivity contribution in [2.45, 2.75) is 38.4 Å². The number of rotatable bonds is 7. The maximum absolute atomic E-state index is 5.38. The number of methoxy groups -OCH3 is 1. The van der Waals surface area contributed by atoms with Gasteiger partial charge in [-0.15, -0.1) is 0 Å². The fourth-order valence-electron chi connectivity index (χ4n) is 2.29. The molecule has 0 aliphatic heterocycles. The number of benzene rings is 1. The van der Waals surface area contributed by atoms with E-state index in [2.05, 4.69) is 46.2 Å². The van der Waals surface area contributed by atoms with Gasteiger partial charge < -0.3 is 10.1 Å². The van der Waals surface area contributed by atoms with Crippen LogP contribution in [0.1, 0.15) is 25.3 Å². The van der Waals surface area contributed by atoms with Crippen LogP contribution in [-0.2, 0) is 6.54 Å². The van der Waals surface area contributed by atoms with Gasteiger partial charge in [-0.3, -0.25) is 4.90 Å². The van der Waals surface area contributed by atoms with Crippen LogP contribution in [0.2, 0.25) is 0 Å². The number of hydrogen-bond acceptors (Lipinski definition) is 3. The smallest absolute Gasteiger partial charge is 0.123 e. The zero-order chi connectivity index (χ0) is 13.8. The molecule has 1 fully saturated rings. The van der Waals surface area contributed by atoms with E-state index in [0.717, 1.165) is 29.4 Å². The topological polar surface area (TPSA) is 24.5 Å². The van der Waals surface area contributed by atoms with Gasteiger partial charge in [-0.25, -0.2) is 0 Å². The molecule has 0 amide bonds. The fraction of sp³-hybridized carbons (Fsp3) is 0.600. The molecule has 1 aromatic carbocycles. The zero-order valence-electron chi connectivity index (χ0n) is 11.9. The molecule has 1 aromatic rings. The summed E-state index contributed by atoms with van der Waals surface area (Å²) < 4.78 is 6.47. The van der Waals surface area contributed by atoms with Crippen LogP contribution >= 0.6 is 15.9 Å². The van der Waals surface area contributed by atoms with Crippen molar-refractivity contribution in [3.63, 3.8) is 0 Å². The lowest BCUT2D eigenvalue weighted by atomic mass is 10.2. The summed E-state index contributed by atoms with van der Waals surface area (Å²) in [5.41, 5.74) is 1.19. The highest BCUT2D eigenvalue weighted by Crippen LogP contribution is 2.27. The second-order valence-corrected chi connectivity index (χ2v) is 6.25. The van der Waals surface area contributed by atoms with Crippen molar-refractivity contribution in [1.82, 2.24) is 10.2 Å². The summed E-state index contributed by atoms with van der Waals surface area (Å²) in [4.78, 5) is 2.48. The first-order chi connectivity index (χ1) is 9.11. The van der Waals surface area contributed by atoms with E-state index >= 15 is 0 Å². The molecule has 1 aliphatic rings. The van der Waals surface area contributed by atoms with Gasteiger partial charge in [0.2, 0.25) is 0 Å². The standard InChI is InChI=1S/C15H23BrN2O/c1-11(18(2)14-5-6-14)9-17-10-12-8-13(16)4-7-15(12)19-3/h4,7-8,11,14,17H,5-6,9-10H2,1-3H3. The Hall–Kier alpha value is -0.580. The largest absolute Gasteiger partial charge is 0.496 e. The molecule has 1 unspecified atom stereocenters. The molecule has 1 atom stereocenters. The molecule has 0 saturated heterocycles. The van der Waals surface area contributed by atoms with Crippen molar-refractivity contribution in [2.24, 2.45) is 0 Å². The van der Waals surface area contributed by atoms with Crippen molar-refractivity contribution >= 4 is 15.9 Å². The molecule has 0 aromatic heterocycles. The molecule has 0 bridgehead atoms. The Bertz CT molecular complexity index is 421. The van der Waals surface area contributed by atoms with Crippen LogP contribution in [0, 0.1) is 0 Å². The molecule has 0 radical (unpaired) electrons. The van der Waals surface area contributed by atoms with Crippen LogP contribution in [0.15, 0.2) is 22.7 Å². The van der Waals surface area contributed by atoms with E-state index in [4.69, 9.17) is 4.74 Å². The van der Waals surface area contributed by atoms with Crippen molar-refractivity contribution in [3.8, 4) is 5.75 Å². The highest BCUT2D eigenvalue weighted by atomic mass is 79.9. The van der Waals surface area contributed by atoms with E-state index < -0.39 is 0 Å². The first-order valence-corrected chi connectivity index (χ1v) is 7.66. The Labute approximate surface area is 124 Å². The molecule has 1 aliphatic carbocycles. The Balaban J connectivity index is 1.83. The summed E-state index contributed by atoms with van der Waals surface area (Å²) in [5, 5.41) is 3.52. The van der Waals surface area contributed by atoms with E-state index in [-0.39, 0.29) is 0 Å². The van der Waals surface area contributed by atoms with Gasteiger partial charge in [0.05, 0.1) is 7.11 Å². The minimum absolute atomic E-state index is 0.575. The lowest BCUT2D eigenvalue weighted by Gasteiger charge is -2.24. The second-order valence-electron chi connectivity index (χ2n) is 5.33. The predicted molar refractivity (Wildman–Crippen MR) is 82.6 cm³/mol. The summed E-state index contributed by atoms with van der Waals surface area (Å²) in [6.07, 6.45) is 2.72. The van der Waals surface area contributed by atoms with Gasteiger partial charge in [-0.05, 0) is 45.0 Å². The quantitative estimate of drug-likeness (QED) is 0.833. The lowest BCUT2D eigenvalue weighted by molar-refractivity contribution is 0.240. The molecule has 2 rings (SSSR count). The summed E-state index contributed by atoms with van der Waals surface area (Å²) in [6, 6.07) is 7.51. The van der Waals surface area contributed by atoms with E-state index in [9.17, 15) is 0 Å². The fourth-order valence-corrected chi connectivity index (χ4v) is 2.70. The van der Waals surface area contributed by atoms with Crippen LogP contribution in [0.3, 0.4) is 0 Å². The van der Waals surface area contributed by atoms with E-state index in [0.29, 0.717) is 6.04 Å². The van der Waals surface area contributed by atoms with Crippen LogP contribution in [0.25, 0.3) is 0 Å². The van der Waals surface area contributed by atoms with Crippen molar-refractivity contribution in [1.29, 1.82) is 0 Å². The normalized spacial score (nSPS) is 16.7. The minimum Gasteiger partial charge on any atom is -0.496 e. The number of halogens is 1. The molecule has 3 nitrogen and oxygen atoms in total.